The topological polar surface area (TPSA) is 93.8 Å². The summed E-state index contributed by atoms with van der Waals surface area (Å²) in [7, 11) is 3.17. The maximum absolute atomic E-state index is 10.7. The van der Waals surface area contributed by atoms with Gasteiger partial charge >= 0.3 is 5.97 Å². The van der Waals surface area contributed by atoms with Gasteiger partial charge in [0.1, 0.15) is 6.26 Å². The van der Waals surface area contributed by atoms with Crippen LogP contribution in [0.2, 0.25) is 0 Å². The summed E-state index contributed by atoms with van der Waals surface area (Å²) in [5.41, 5.74) is 0.925. The van der Waals surface area contributed by atoms with E-state index < -0.39 is 5.97 Å². The van der Waals surface area contributed by atoms with Crippen molar-refractivity contribution in [1.82, 2.24) is 4.98 Å². The van der Waals surface area contributed by atoms with Gasteiger partial charge in [-0.2, -0.15) is 4.98 Å². The lowest BCUT2D eigenvalue weighted by Gasteiger charge is -2.09. The first-order valence-corrected chi connectivity index (χ1v) is 6.27. The minimum atomic E-state index is -1.12. The molecule has 0 aliphatic heterocycles. The molecule has 0 radical (unpaired) electrons. The number of oxazole rings is 1. The highest BCUT2D eigenvalue weighted by Gasteiger charge is 2.10. The largest absolute Gasteiger partial charge is 0.493 e. The molecule has 0 fully saturated rings. The van der Waals surface area contributed by atoms with Crippen molar-refractivity contribution in [3.05, 3.63) is 35.7 Å². The maximum Gasteiger partial charge on any atom is 0.357 e. The normalized spacial score (nSPS) is 10.2. The zero-order chi connectivity index (χ0) is 15.2. The minimum absolute atomic E-state index is 0.122. The van der Waals surface area contributed by atoms with Gasteiger partial charge in [-0.05, 0) is 24.1 Å². The number of nitrogens with one attached hydrogen (secondary N) is 1. The van der Waals surface area contributed by atoms with E-state index in [1.807, 2.05) is 18.2 Å². The van der Waals surface area contributed by atoms with Gasteiger partial charge in [-0.25, -0.2) is 4.79 Å². The van der Waals surface area contributed by atoms with Crippen LogP contribution in [-0.2, 0) is 6.42 Å². The average molecular weight is 292 g/mol. The molecule has 1 aromatic carbocycles. The molecule has 1 heterocycles. The van der Waals surface area contributed by atoms with Gasteiger partial charge in [-0.1, -0.05) is 6.07 Å². The Morgan fingerprint density at radius 2 is 2.10 bits per heavy atom. The summed E-state index contributed by atoms with van der Waals surface area (Å²) in [5.74, 6) is 0.221. The number of carboxylic acid groups (broad SMARTS) is 1. The third-order valence-corrected chi connectivity index (χ3v) is 2.86. The number of rotatable bonds is 7. The highest BCUT2D eigenvalue weighted by molar-refractivity contribution is 5.85. The molecule has 0 spiro atoms. The van der Waals surface area contributed by atoms with Gasteiger partial charge in [-0.3, -0.25) is 0 Å². The smallest absolute Gasteiger partial charge is 0.357 e. The van der Waals surface area contributed by atoms with Crippen molar-refractivity contribution in [2.24, 2.45) is 0 Å². The molecule has 0 saturated carbocycles. The van der Waals surface area contributed by atoms with Gasteiger partial charge in [0.15, 0.2) is 17.2 Å². The molecule has 0 saturated heterocycles. The Kier molecular flexibility index (Phi) is 4.65. The summed E-state index contributed by atoms with van der Waals surface area (Å²) in [6.07, 6.45) is 1.80. The maximum atomic E-state index is 10.7. The molecule has 0 bridgehead atoms. The number of anilines is 1. The number of carbonyl (C=O) groups is 1. The number of methoxy groups -OCH3 is 2. The molecule has 0 amide bonds. The SMILES string of the molecule is COc1ccc(CCNc2nc(C(=O)O)co2)cc1OC. The molecular formula is C14H16N2O5. The standard InChI is InChI=1S/C14H16N2O5/c1-19-11-4-3-9(7-12(11)20-2)5-6-15-14-16-10(8-21-14)13(17)18/h3-4,7-8H,5-6H2,1-2H3,(H,15,16)(H,17,18). The number of hydrogen-bond donors (Lipinski definition) is 2. The summed E-state index contributed by atoms with van der Waals surface area (Å²) < 4.78 is 15.4. The first-order chi connectivity index (χ1) is 10.1. The molecule has 21 heavy (non-hydrogen) atoms. The molecule has 0 aliphatic carbocycles. The molecule has 2 N–H and O–H groups in total. The summed E-state index contributed by atoms with van der Waals surface area (Å²) in [6, 6.07) is 5.84. The Morgan fingerprint density at radius 3 is 2.71 bits per heavy atom. The first-order valence-electron chi connectivity index (χ1n) is 6.27. The molecule has 2 aromatic rings. The molecule has 7 nitrogen and oxygen atoms in total. The lowest BCUT2D eigenvalue weighted by molar-refractivity contribution is 0.0690. The second-order valence-electron chi connectivity index (χ2n) is 4.21. The Balaban J connectivity index is 1.92. The van der Waals surface area contributed by atoms with E-state index in [4.69, 9.17) is 19.0 Å². The van der Waals surface area contributed by atoms with Crippen LogP contribution in [0.5, 0.6) is 11.5 Å². The number of hydrogen-bond acceptors (Lipinski definition) is 6. The fourth-order valence-corrected chi connectivity index (χ4v) is 1.80. The van der Waals surface area contributed by atoms with E-state index in [9.17, 15) is 4.79 Å². The van der Waals surface area contributed by atoms with Crippen molar-refractivity contribution < 1.29 is 23.8 Å². The number of carboxylic acids is 1. The number of benzene rings is 1. The summed E-state index contributed by atoms with van der Waals surface area (Å²) in [4.78, 5) is 14.4. The highest BCUT2D eigenvalue weighted by Crippen LogP contribution is 2.27. The van der Waals surface area contributed by atoms with Crippen LogP contribution in [0.1, 0.15) is 16.1 Å². The molecule has 0 atom stereocenters. The van der Waals surface area contributed by atoms with Crippen LogP contribution in [0.4, 0.5) is 6.01 Å². The van der Waals surface area contributed by atoms with Gasteiger partial charge in [0, 0.05) is 6.54 Å². The van der Waals surface area contributed by atoms with Gasteiger partial charge < -0.3 is 24.3 Å². The quantitative estimate of drug-likeness (QED) is 0.806. The lowest BCUT2D eigenvalue weighted by Crippen LogP contribution is -2.06. The Labute approximate surface area is 121 Å². The predicted octanol–water partition coefficient (Wildman–Crippen LogP) is 2.04. The summed E-state index contributed by atoms with van der Waals surface area (Å²) >= 11 is 0. The molecule has 7 heteroatoms. The zero-order valence-corrected chi connectivity index (χ0v) is 11.8. The van der Waals surface area contributed by atoms with Gasteiger partial charge in [-0.15, -0.1) is 0 Å². The van der Waals surface area contributed by atoms with Crippen LogP contribution in [0.3, 0.4) is 0 Å². The molecule has 112 valence electrons. The summed E-state index contributed by atoms with van der Waals surface area (Å²) in [5, 5.41) is 11.7. The van der Waals surface area contributed by atoms with Crippen molar-refractivity contribution >= 4 is 12.0 Å². The number of ether oxygens (including phenoxy) is 2. The molecule has 2 rings (SSSR count). The van der Waals surface area contributed by atoms with Crippen LogP contribution in [-0.4, -0.2) is 36.8 Å². The van der Waals surface area contributed by atoms with Crippen molar-refractivity contribution in [2.45, 2.75) is 6.42 Å². The monoisotopic (exact) mass is 292 g/mol. The van der Waals surface area contributed by atoms with Crippen LogP contribution in [0.25, 0.3) is 0 Å². The first kappa shape index (κ1) is 14.7. The van der Waals surface area contributed by atoms with E-state index in [0.29, 0.717) is 24.5 Å². The van der Waals surface area contributed by atoms with E-state index >= 15 is 0 Å². The Bertz CT molecular complexity index is 624. The Morgan fingerprint density at radius 1 is 1.33 bits per heavy atom. The molecular weight excluding hydrogens is 276 g/mol. The van der Waals surface area contributed by atoms with Crippen LogP contribution in [0.15, 0.2) is 28.9 Å². The van der Waals surface area contributed by atoms with Gasteiger partial charge in [0.05, 0.1) is 14.2 Å². The fraction of sp³-hybridized carbons (Fsp3) is 0.286. The molecule has 1 aromatic heterocycles. The van der Waals surface area contributed by atoms with Gasteiger partial charge in [0.2, 0.25) is 0 Å². The minimum Gasteiger partial charge on any atom is -0.493 e. The average Bonchev–Trinajstić information content (AvgIpc) is 2.96. The van der Waals surface area contributed by atoms with Crippen molar-refractivity contribution in [3.8, 4) is 11.5 Å². The van der Waals surface area contributed by atoms with E-state index in [2.05, 4.69) is 10.3 Å². The van der Waals surface area contributed by atoms with E-state index in [-0.39, 0.29) is 11.7 Å². The number of aromatic nitrogens is 1. The lowest BCUT2D eigenvalue weighted by atomic mass is 10.1. The van der Waals surface area contributed by atoms with Gasteiger partial charge in [0.25, 0.3) is 6.01 Å². The highest BCUT2D eigenvalue weighted by atomic mass is 16.5. The second-order valence-corrected chi connectivity index (χ2v) is 4.21. The second kappa shape index (κ2) is 6.65. The van der Waals surface area contributed by atoms with E-state index in [0.717, 1.165) is 11.8 Å². The zero-order valence-electron chi connectivity index (χ0n) is 11.8. The summed E-state index contributed by atoms with van der Waals surface area (Å²) in [6.45, 7) is 0.551. The van der Waals surface area contributed by atoms with Crippen LogP contribution in [0, 0.1) is 0 Å². The Hall–Kier alpha value is -2.70. The molecule has 0 aliphatic rings. The van der Waals surface area contributed by atoms with Crippen molar-refractivity contribution in [1.29, 1.82) is 0 Å². The third-order valence-electron chi connectivity index (χ3n) is 2.86. The number of aromatic carboxylic acids is 1. The predicted molar refractivity (Wildman–Crippen MR) is 75.2 cm³/mol. The fourth-order valence-electron chi connectivity index (χ4n) is 1.80. The van der Waals surface area contributed by atoms with Crippen LogP contribution >= 0.6 is 0 Å². The van der Waals surface area contributed by atoms with E-state index in [1.165, 1.54) is 0 Å². The van der Waals surface area contributed by atoms with Crippen molar-refractivity contribution in [2.75, 3.05) is 26.1 Å². The third kappa shape index (κ3) is 3.65. The molecule has 0 unspecified atom stereocenters. The van der Waals surface area contributed by atoms with Crippen LogP contribution < -0.4 is 14.8 Å². The number of nitrogens with zero attached hydrogens (tertiary/aromatic N) is 1. The van der Waals surface area contributed by atoms with Crippen molar-refractivity contribution in [3.63, 3.8) is 0 Å². The van der Waals surface area contributed by atoms with E-state index in [1.54, 1.807) is 14.2 Å².